The monoisotopic (exact) mass is 165 g/mol. The van der Waals surface area contributed by atoms with E-state index in [2.05, 4.69) is 26.5 Å². The Hall–Kier alpha value is -0.560. The van der Waals surface area contributed by atoms with Crippen molar-refractivity contribution in [2.45, 2.75) is 38.6 Å². The smallest absolute Gasteiger partial charge is 0.0227 e. The van der Waals surface area contributed by atoms with Gasteiger partial charge in [0.1, 0.15) is 0 Å². The summed E-state index contributed by atoms with van der Waals surface area (Å²) in [6, 6.07) is 0. The maximum absolute atomic E-state index is 6.11. The van der Waals surface area contributed by atoms with Crippen LogP contribution in [0.3, 0.4) is 0 Å². The molecule has 1 saturated carbocycles. The van der Waals surface area contributed by atoms with E-state index >= 15 is 0 Å². The zero-order chi connectivity index (χ0) is 9.19. The maximum Gasteiger partial charge on any atom is 0.0227 e. The highest BCUT2D eigenvalue weighted by atomic mass is 14.8. The fourth-order valence-corrected chi connectivity index (χ4v) is 1.53. The molecule has 1 heteroatoms. The van der Waals surface area contributed by atoms with E-state index in [1.165, 1.54) is 5.57 Å². The highest BCUT2D eigenvalue weighted by Crippen LogP contribution is 2.45. The van der Waals surface area contributed by atoms with Gasteiger partial charge < -0.3 is 5.73 Å². The largest absolute Gasteiger partial charge is 0.325 e. The van der Waals surface area contributed by atoms with Gasteiger partial charge in [0.2, 0.25) is 0 Å². The first kappa shape index (κ1) is 9.53. The molecule has 2 atom stereocenters. The van der Waals surface area contributed by atoms with Crippen LogP contribution in [-0.4, -0.2) is 5.54 Å². The summed E-state index contributed by atoms with van der Waals surface area (Å²) in [5.74, 6) is 0.571. The van der Waals surface area contributed by atoms with E-state index < -0.39 is 0 Å². The van der Waals surface area contributed by atoms with Crippen LogP contribution in [0.15, 0.2) is 24.3 Å². The molecular weight excluding hydrogens is 146 g/mol. The predicted molar refractivity (Wildman–Crippen MR) is 53.9 cm³/mol. The van der Waals surface area contributed by atoms with E-state index in [4.69, 9.17) is 5.73 Å². The highest BCUT2D eigenvalue weighted by molar-refractivity contribution is 5.16. The fraction of sp³-hybridized carbons (Fsp3) is 0.636. The number of nitrogens with two attached hydrogens (primary N) is 1. The van der Waals surface area contributed by atoms with Crippen molar-refractivity contribution in [3.8, 4) is 0 Å². The minimum atomic E-state index is 0.0893. The third-order valence-corrected chi connectivity index (χ3v) is 2.94. The van der Waals surface area contributed by atoms with Crippen LogP contribution in [0, 0.1) is 5.92 Å². The van der Waals surface area contributed by atoms with Gasteiger partial charge >= 0.3 is 0 Å². The minimum absolute atomic E-state index is 0.0893. The van der Waals surface area contributed by atoms with Gasteiger partial charge in [-0.15, -0.1) is 6.58 Å². The second-order valence-corrected chi connectivity index (χ2v) is 3.91. The third kappa shape index (κ3) is 1.98. The molecule has 0 bridgehead atoms. The zero-order valence-electron chi connectivity index (χ0n) is 8.14. The SMILES string of the molecule is C=CC1CC1(N)CC/C(C)=C\C. The third-order valence-electron chi connectivity index (χ3n) is 2.94. The lowest BCUT2D eigenvalue weighted by Crippen LogP contribution is -2.24. The van der Waals surface area contributed by atoms with Gasteiger partial charge in [0.25, 0.3) is 0 Å². The lowest BCUT2D eigenvalue weighted by atomic mass is 10.0. The molecule has 2 N–H and O–H groups in total. The van der Waals surface area contributed by atoms with Crippen LogP contribution < -0.4 is 5.73 Å². The van der Waals surface area contributed by atoms with Crippen molar-refractivity contribution in [3.63, 3.8) is 0 Å². The summed E-state index contributed by atoms with van der Waals surface area (Å²) in [6.07, 6.45) is 7.53. The molecule has 2 unspecified atom stereocenters. The van der Waals surface area contributed by atoms with E-state index in [1.54, 1.807) is 0 Å². The lowest BCUT2D eigenvalue weighted by Gasteiger charge is -2.09. The number of allylic oxidation sites excluding steroid dienone is 2. The molecule has 0 aromatic carbocycles. The summed E-state index contributed by atoms with van der Waals surface area (Å²) in [6.45, 7) is 8.01. The summed E-state index contributed by atoms with van der Waals surface area (Å²) >= 11 is 0. The fourth-order valence-electron chi connectivity index (χ4n) is 1.53. The second kappa shape index (κ2) is 3.44. The second-order valence-electron chi connectivity index (χ2n) is 3.91. The van der Waals surface area contributed by atoms with Crippen LogP contribution in [0.5, 0.6) is 0 Å². The Morgan fingerprint density at radius 3 is 2.83 bits per heavy atom. The predicted octanol–water partition coefficient (Wildman–Crippen LogP) is 2.64. The van der Waals surface area contributed by atoms with Gasteiger partial charge in [0.05, 0.1) is 0 Å². The summed E-state index contributed by atoms with van der Waals surface area (Å²) in [5.41, 5.74) is 7.63. The van der Waals surface area contributed by atoms with Crippen LogP contribution >= 0.6 is 0 Å². The lowest BCUT2D eigenvalue weighted by molar-refractivity contribution is 0.579. The molecule has 0 amide bonds. The first-order chi connectivity index (χ1) is 5.62. The van der Waals surface area contributed by atoms with Crippen molar-refractivity contribution in [1.82, 2.24) is 0 Å². The van der Waals surface area contributed by atoms with E-state index in [9.17, 15) is 0 Å². The van der Waals surface area contributed by atoms with Crippen LogP contribution in [0.2, 0.25) is 0 Å². The standard InChI is InChI=1S/C11H19N/c1-4-9(3)6-7-11(12)8-10(11)5-2/h4-5,10H,2,6-8,12H2,1,3H3/b9-4-. The van der Waals surface area contributed by atoms with Gasteiger partial charge in [-0.3, -0.25) is 0 Å². The van der Waals surface area contributed by atoms with Crippen LogP contribution in [0.1, 0.15) is 33.1 Å². The Balaban J connectivity index is 2.30. The Morgan fingerprint density at radius 2 is 2.42 bits per heavy atom. The first-order valence-electron chi connectivity index (χ1n) is 4.65. The molecule has 1 rings (SSSR count). The van der Waals surface area contributed by atoms with Gasteiger partial charge in [0, 0.05) is 5.54 Å². The summed E-state index contributed by atoms with van der Waals surface area (Å²) in [4.78, 5) is 0. The van der Waals surface area contributed by atoms with Crippen molar-refractivity contribution < 1.29 is 0 Å². The number of hydrogen-bond donors (Lipinski definition) is 1. The van der Waals surface area contributed by atoms with Gasteiger partial charge in [-0.05, 0) is 39.0 Å². The van der Waals surface area contributed by atoms with E-state index in [0.717, 1.165) is 19.3 Å². The molecule has 1 fully saturated rings. The molecule has 1 aliphatic carbocycles. The van der Waals surface area contributed by atoms with Gasteiger partial charge in [-0.2, -0.15) is 0 Å². The summed E-state index contributed by atoms with van der Waals surface area (Å²) in [5, 5.41) is 0. The summed E-state index contributed by atoms with van der Waals surface area (Å²) < 4.78 is 0. The molecule has 0 heterocycles. The number of hydrogen-bond acceptors (Lipinski definition) is 1. The van der Waals surface area contributed by atoms with Crippen molar-refractivity contribution in [1.29, 1.82) is 0 Å². The average molecular weight is 165 g/mol. The van der Waals surface area contributed by atoms with Gasteiger partial charge in [-0.25, -0.2) is 0 Å². The molecule has 68 valence electrons. The molecule has 1 aliphatic rings. The molecule has 0 spiro atoms. The zero-order valence-corrected chi connectivity index (χ0v) is 8.14. The minimum Gasteiger partial charge on any atom is -0.325 e. The molecule has 0 radical (unpaired) electrons. The molecule has 0 aliphatic heterocycles. The molecule has 1 nitrogen and oxygen atoms in total. The quantitative estimate of drug-likeness (QED) is 0.637. The molecule has 12 heavy (non-hydrogen) atoms. The van der Waals surface area contributed by atoms with E-state index in [-0.39, 0.29) is 5.54 Å². The molecule has 0 aromatic rings. The van der Waals surface area contributed by atoms with Crippen molar-refractivity contribution in [2.24, 2.45) is 11.7 Å². The number of rotatable bonds is 4. The highest BCUT2D eigenvalue weighted by Gasteiger charge is 2.47. The topological polar surface area (TPSA) is 26.0 Å². The van der Waals surface area contributed by atoms with Crippen LogP contribution in [-0.2, 0) is 0 Å². The Labute approximate surface area is 75.3 Å². The normalized spacial score (nSPS) is 34.9. The Bertz CT molecular complexity index is 205. The van der Waals surface area contributed by atoms with E-state index in [0.29, 0.717) is 5.92 Å². The molecular formula is C11H19N. The average Bonchev–Trinajstić information content (AvgIpc) is 2.74. The van der Waals surface area contributed by atoms with Crippen LogP contribution in [0.4, 0.5) is 0 Å². The molecule has 0 saturated heterocycles. The molecule has 0 aromatic heterocycles. The van der Waals surface area contributed by atoms with Crippen molar-refractivity contribution >= 4 is 0 Å². The van der Waals surface area contributed by atoms with Crippen LogP contribution in [0.25, 0.3) is 0 Å². The van der Waals surface area contributed by atoms with Crippen molar-refractivity contribution in [2.75, 3.05) is 0 Å². The maximum atomic E-state index is 6.11. The Kier molecular flexibility index (Phi) is 2.73. The van der Waals surface area contributed by atoms with E-state index in [1.807, 2.05) is 6.08 Å². The van der Waals surface area contributed by atoms with Gasteiger partial charge in [-0.1, -0.05) is 17.7 Å². The van der Waals surface area contributed by atoms with Gasteiger partial charge in [0.15, 0.2) is 0 Å². The summed E-state index contributed by atoms with van der Waals surface area (Å²) in [7, 11) is 0. The van der Waals surface area contributed by atoms with Crippen molar-refractivity contribution in [3.05, 3.63) is 24.3 Å². The Morgan fingerprint density at radius 1 is 1.75 bits per heavy atom. The first-order valence-corrected chi connectivity index (χ1v) is 4.65.